The number of aromatic hydroxyl groups is 1. The van der Waals surface area contributed by atoms with Gasteiger partial charge in [0.2, 0.25) is 5.16 Å². The van der Waals surface area contributed by atoms with Gasteiger partial charge in [0.25, 0.3) is 0 Å². The van der Waals surface area contributed by atoms with E-state index >= 15 is 0 Å². The summed E-state index contributed by atoms with van der Waals surface area (Å²) in [5, 5.41) is 35.1. The second kappa shape index (κ2) is 6.03. The maximum absolute atomic E-state index is 11.2. The number of nitro benzene ring substituents is 1. The predicted octanol–water partition coefficient (Wildman–Crippen LogP) is 3.85. The summed E-state index contributed by atoms with van der Waals surface area (Å²) in [6.07, 6.45) is 0. The van der Waals surface area contributed by atoms with E-state index in [1.54, 1.807) is 17.8 Å². The van der Waals surface area contributed by atoms with Gasteiger partial charge in [-0.3, -0.25) is 15.1 Å². The molecule has 3 aromatic rings. The van der Waals surface area contributed by atoms with Crippen LogP contribution in [0.3, 0.4) is 0 Å². The number of nitrogens with zero attached hydrogens (tertiary/aromatic N) is 5. The van der Waals surface area contributed by atoms with Gasteiger partial charge in [0.05, 0.1) is 4.92 Å². The van der Waals surface area contributed by atoms with Crippen LogP contribution in [0.1, 0.15) is 10.9 Å². The summed E-state index contributed by atoms with van der Waals surface area (Å²) in [5.41, 5.74) is 1.35. The molecule has 8 nitrogen and oxygen atoms in total. The van der Waals surface area contributed by atoms with Crippen LogP contribution in [0.15, 0.2) is 64.1 Å². The molecule has 0 spiro atoms. The van der Waals surface area contributed by atoms with Crippen molar-refractivity contribution >= 4 is 29.2 Å². The molecule has 2 aromatic carbocycles. The Labute approximate surface area is 161 Å². The number of thioether (sulfide) groups is 2. The molecule has 2 aliphatic rings. The van der Waals surface area contributed by atoms with Gasteiger partial charge in [-0.1, -0.05) is 48.2 Å². The van der Waals surface area contributed by atoms with Gasteiger partial charge in [-0.15, -0.1) is 10.2 Å². The number of phenolic OH excluding ortho intramolecular Hbond substituents is 1. The summed E-state index contributed by atoms with van der Waals surface area (Å²) in [6.45, 7) is 0. The number of aromatic nitrogens is 3. The lowest BCUT2D eigenvalue weighted by molar-refractivity contribution is -0.385. The minimum atomic E-state index is -0.578. The minimum Gasteiger partial charge on any atom is -0.502 e. The molecule has 0 saturated carbocycles. The quantitative estimate of drug-likeness (QED) is 0.526. The Morgan fingerprint density at radius 2 is 1.96 bits per heavy atom. The molecule has 2 aliphatic heterocycles. The Kier molecular flexibility index (Phi) is 3.62. The molecule has 0 aliphatic carbocycles. The van der Waals surface area contributed by atoms with E-state index in [2.05, 4.69) is 10.2 Å². The lowest BCUT2D eigenvalue weighted by atomic mass is 10.2. The van der Waals surface area contributed by atoms with Crippen LogP contribution < -0.4 is 5.01 Å². The maximum atomic E-state index is 11.2. The average molecular weight is 397 g/mol. The monoisotopic (exact) mass is 397 g/mol. The molecule has 1 aromatic heterocycles. The molecule has 27 heavy (non-hydrogen) atoms. The van der Waals surface area contributed by atoms with E-state index in [1.807, 2.05) is 45.4 Å². The number of hydrogen-bond acceptors (Lipinski definition) is 8. The van der Waals surface area contributed by atoms with E-state index in [1.165, 1.54) is 23.9 Å². The van der Waals surface area contributed by atoms with E-state index < -0.39 is 4.92 Å². The highest BCUT2D eigenvalue weighted by Gasteiger charge is 2.40. The molecule has 3 heterocycles. The number of rotatable bonds is 3. The van der Waals surface area contributed by atoms with E-state index in [-0.39, 0.29) is 16.8 Å². The molecule has 0 fully saturated rings. The number of hydrogen-bond donors (Lipinski definition) is 1. The predicted molar refractivity (Wildman–Crippen MR) is 103 cm³/mol. The first-order valence-corrected chi connectivity index (χ1v) is 9.70. The first kappa shape index (κ1) is 16.2. The minimum absolute atomic E-state index is 0.216. The van der Waals surface area contributed by atoms with Crippen molar-refractivity contribution in [1.29, 1.82) is 0 Å². The normalized spacial score (nSPS) is 17.6. The summed E-state index contributed by atoms with van der Waals surface area (Å²) in [5.74, 6) is 0.368. The summed E-state index contributed by atoms with van der Waals surface area (Å²) in [4.78, 5) is 10.6. The molecule has 1 unspecified atom stereocenters. The van der Waals surface area contributed by atoms with Gasteiger partial charge < -0.3 is 5.11 Å². The summed E-state index contributed by atoms with van der Waals surface area (Å²) in [7, 11) is 0. The highest BCUT2D eigenvalue weighted by atomic mass is 32.2. The number of phenols is 1. The fraction of sp³-hybridized carbons (Fsp3) is 0.0588. The molecule has 0 bridgehead atoms. The summed E-state index contributed by atoms with van der Waals surface area (Å²) >= 11 is 3.05. The van der Waals surface area contributed by atoms with Gasteiger partial charge in [-0.25, -0.2) is 4.68 Å². The molecule has 10 heteroatoms. The van der Waals surface area contributed by atoms with Crippen molar-refractivity contribution in [3.05, 3.63) is 74.6 Å². The molecule has 0 amide bonds. The van der Waals surface area contributed by atoms with Crippen molar-refractivity contribution in [2.24, 2.45) is 0 Å². The second-order valence-electron chi connectivity index (χ2n) is 5.88. The standard InChI is InChI=1S/C17H11N5O3S2/c23-13-7-6-11(8-12(13)22(24)25)16-20-14(9-26-16)27-17-19-18-15(21(17)20)10-4-2-1-3-5-10/h1-9,16,23H. The molecule has 1 atom stereocenters. The molecule has 0 radical (unpaired) electrons. The van der Waals surface area contributed by atoms with Crippen LogP contribution >= 0.6 is 23.5 Å². The highest BCUT2D eigenvalue weighted by Crippen LogP contribution is 2.52. The topological polar surface area (TPSA) is 97.3 Å². The van der Waals surface area contributed by atoms with Gasteiger partial charge in [-0.05, 0) is 23.4 Å². The Balaban J connectivity index is 1.60. The van der Waals surface area contributed by atoms with Crippen molar-refractivity contribution in [3.8, 4) is 17.1 Å². The zero-order valence-electron chi connectivity index (χ0n) is 13.6. The second-order valence-corrected chi connectivity index (χ2v) is 7.82. The van der Waals surface area contributed by atoms with E-state index in [0.717, 1.165) is 21.3 Å². The lowest BCUT2D eigenvalue weighted by Crippen LogP contribution is -2.29. The molecule has 1 N–H and O–H groups in total. The van der Waals surface area contributed by atoms with Crippen LogP contribution in [0, 0.1) is 10.1 Å². The zero-order valence-corrected chi connectivity index (χ0v) is 15.2. The Hall–Kier alpha value is -2.98. The van der Waals surface area contributed by atoms with Crippen LogP contribution in [0.5, 0.6) is 5.75 Å². The number of nitro groups is 1. The van der Waals surface area contributed by atoms with Gasteiger partial charge in [-0.2, -0.15) is 0 Å². The zero-order chi connectivity index (χ0) is 18.5. The highest BCUT2D eigenvalue weighted by molar-refractivity contribution is 8.07. The average Bonchev–Trinajstić information content (AvgIpc) is 3.34. The fourth-order valence-corrected chi connectivity index (χ4v) is 5.28. The van der Waals surface area contributed by atoms with Crippen LogP contribution in [0.4, 0.5) is 5.69 Å². The first-order chi connectivity index (χ1) is 13.1. The Morgan fingerprint density at radius 1 is 1.15 bits per heavy atom. The summed E-state index contributed by atoms with van der Waals surface area (Å²) in [6, 6.07) is 14.2. The number of benzene rings is 2. The van der Waals surface area contributed by atoms with Gasteiger partial charge in [0.15, 0.2) is 11.6 Å². The third-order valence-electron chi connectivity index (χ3n) is 4.28. The van der Waals surface area contributed by atoms with Crippen molar-refractivity contribution in [2.45, 2.75) is 10.5 Å². The van der Waals surface area contributed by atoms with E-state index in [9.17, 15) is 15.2 Å². The Morgan fingerprint density at radius 3 is 2.74 bits per heavy atom. The van der Waals surface area contributed by atoms with Crippen molar-refractivity contribution in [3.63, 3.8) is 0 Å². The first-order valence-electron chi connectivity index (χ1n) is 7.94. The number of fused-ring (bicyclic) bond motifs is 3. The molecular formula is C17H11N5O3S2. The maximum Gasteiger partial charge on any atom is 0.311 e. The third kappa shape index (κ3) is 2.48. The van der Waals surface area contributed by atoms with Gasteiger partial charge in [0.1, 0.15) is 10.4 Å². The molecule has 134 valence electrons. The van der Waals surface area contributed by atoms with Crippen molar-refractivity contribution in [1.82, 2.24) is 14.9 Å². The van der Waals surface area contributed by atoms with Gasteiger partial charge >= 0.3 is 5.69 Å². The Bertz CT molecular complexity index is 1100. The van der Waals surface area contributed by atoms with Crippen LogP contribution in [-0.4, -0.2) is 24.9 Å². The summed E-state index contributed by atoms with van der Waals surface area (Å²) < 4.78 is 1.94. The smallest absolute Gasteiger partial charge is 0.311 e. The van der Waals surface area contributed by atoms with Crippen LogP contribution in [-0.2, 0) is 0 Å². The molecule has 0 saturated heterocycles. The third-order valence-corrected chi connectivity index (χ3v) is 6.47. The lowest BCUT2D eigenvalue weighted by Gasteiger charge is -2.25. The van der Waals surface area contributed by atoms with Crippen molar-refractivity contribution < 1.29 is 10.0 Å². The van der Waals surface area contributed by atoms with E-state index in [4.69, 9.17) is 0 Å². The SMILES string of the molecule is O=[N+]([O-])c1cc(C2SC=C3Sc4nnc(-c5ccccc5)n4N32)ccc1O. The van der Waals surface area contributed by atoms with Crippen LogP contribution in [0.2, 0.25) is 0 Å². The van der Waals surface area contributed by atoms with Gasteiger partial charge in [0, 0.05) is 17.0 Å². The van der Waals surface area contributed by atoms with Crippen LogP contribution in [0.25, 0.3) is 11.4 Å². The molecular weight excluding hydrogens is 386 g/mol. The molecule has 5 rings (SSSR count). The van der Waals surface area contributed by atoms with E-state index in [0.29, 0.717) is 5.82 Å². The largest absolute Gasteiger partial charge is 0.502 e. The van der Waals surface area contributed by atoms with Crippen molar-refractivity contribution in [2.75, 3.05) is 5.01 Å². The fourth-order valence-electron chi connectivity index (χ4n) is 3.07.